The van der Waals surface area contributed by atoms with E-state index in [0.717, 1.165) is 77.3 Å². The zero-order valence-electron chi connectivity index (χ0n) is 24.2. The molecule has 2 N–H and O–H groups in total. The van der Waals surface area contributed by atoms with E-state index in [9.17, 15) is 14.7 Å². The summed E-state index contributed by atoms with van der Waals surface area (Å²) in [7, 11) is 0. The topological polar surface area (TPSA) is 96.3 Å². The van der Waals surface area contributed by atoms with Gasteiger partial charge in [-0.3, -0.25) is 4.79 Å². The first kappa shape index (κ1) is 35.7. The number of hydrogen-bond donors (Lipinski definition) is 2. The monoisotopic (exact) mass is 529 g/mol. The fourth-order valence-electron chi connectivity index (χ4n) is 4.71. The number of ether oxygens (including phenoxy) is 2. The van der Waals surface area contributed by atoms with Crippen LogP contribution in [0.2, 0.25) is 0 Å². The molecule has 0 radical (unpaired) electrons. The van der Waals surface area contributed by atoms with Gasteiger partial charge in [0.2, 0.25) is 0 Å². The molecule has 7 nitrogen and oxygen atoms in total. The Bertz CT molecular complexity index is 506. The molecule has 0 bridgehead atoms. The van der Waals surface area contributed by atoms with Crippen LogP contribution in [-0.2, 0) is 14.3 Å². The van der Waals surface area contributed by atoms with E-state index in [0.29, 0.717) is 25.7 Å². The summed E-state index contributed by atoms with van der Waals surface area (Å²) < 4.78 is 10.6. The highest BCUT2D eigenvalue weighted by molar-refractivity contribution is 5.66. The summed E-state index contributed by atoms with van der Waals surface area (Å²) in [4.78, 5) is 24.7. The maximum atomic E-state index is 11.9. The van der Waals surface area contributed by atoms with Gasteiger partial charge in [0, 0.05) is 13.0 Å². The number of hydrogen-bond acceptors (Lipinski definition) is 6. The molecule has 37 heavy (non-hydrogen) atoms. The molecule has 0 spiro atoms. The van der Waals surface area contributed by atoms with Crippen molar-refractivity contribution in [3.05, 3.63) is 0 Å². The molecule has 0 aromatic rings. The van der Waals surface area contributed by atoms with Crippen LogP contribution in [-0.4, -0.2) is 66.7 Å². The summed E-state index contributed by atoms with van der Waals surface area (Å²) >= 11 is 0. The van der Waals surface area contributed by atoms with E-state index in [2.05, 4.69) is 18.7 Å². The van der Waals surface area contributed by atoms with Crippen LogP contribution in [0.3, 0.4) is 0 Å². The van der Waals surface area contributed by atoms with E-state index < -0.39 is 12.1 Å². The van der Waals surface area contributed by atoms with Crippen molar-refractivity contribution in [2.45, 2.75) is 136 Å². The van der Waals surface area contributed by atoms with Crippen molar-refractivity contribution in [1.29, 1.82) is 0 Å². The number of rotatable bonds is 28. The minimum absolute atomic E-state index is 0.173. The molecule has 0 saturated carbocycles. The average molecular weight is 530 g/mol. The second kappa shape index (κ2) is 27.7. The van der Waals surface area contributed by atoms with Gasteiger partial charge >= 0.3 is 12.1 Å². The van der Waals surface area contributed by atoms with Gasteiger partial charge in [-0.15, -0.1) is 0 Å². The summed E-state index contributed by atoms with van der Waals surface area (Å²) in [6.07, 6.45) is 19.7. The Balaban J connectivity index is 3.78. The van der Waals surface area contributed by atoms with Crippen molar-refractivity contribution in [3.8, 4) is 0 Å². The Labute approximate surface area is 227 Å². The number of unbranched alkanes of at least 4 members (excludes halogenated alkanes) is 11. The molecule has 0 aliphatic rings. The van der Waals surface area contributed by atoms with Gasteiger partial charge in [-0.25, -0.2) is 4.79 Å². The lowest BCUT2D eigenvalue weighted by atomic mass is 9.92. The molecule has 0 aliphatic carbocycles. The second-order valence-corrected chi connectivity index (χ2v) is 10.5. The molecule has 0 atom stereocenters. The van der Waals surface area contributed by atoms with Gasteiger partial charge in [-0.2, -0.15) is 0 Å². The maximum Gasteiger partial charge on any atom is 0.508 e. The van der Waals surface area contributed by atoms with Crippen molar-refractivity contribution in [2.24, 2.45) is 5.92 Å². The zero-order valence-corrected chi connectivity index (χ0v) is 24.2. The normalized spacial score (nSPS) is 11.4. The summed E-state index contributed by atoms with van der Waals surface area (Å²) in [6.45, 7) is 8.17. The Morgan fingerprint density at radius 1 is 0.649 bits per heavy atom. The minimum Gasteiger partial charge on any atom is -0.481 e. The average Bonchev–Trinajstić information content (AvgIpc) is 2.87. The van der Waals surface area contributed by atoms with Gasteiger partial charge in [-0.1, -0.05) is 97.3 Å². The SMILES string of the molecule is CCCCCC(CCCCC)CCOC(=O)OCCCCCCN(CCO)CCCCCCCC(=O)O. The molecule has 0 amide bonds. The molecular weight excluding hydrogens is 470 g/mol. The molecule has 0 unspecified atom stereocenters. The third-order valence-electron chi connectivity index (χ3n) is 7.05. The molecule has 0 aromatic heterocycles. The summed E-state index contributed by atoms with van der Waals surface area (Å²) in [5, 5.41) is 18.0. The largest absolute Gasteiger partial charge is 0.508 e. The molecular formula is C30H59NO6. The molecule has 0 rings (SSSR count). The lowest BCUT2D eigenvalue weighted by molar-refractivity contribution is -0.137. The Morgan fingerprint density at radius 2 is 1.19 bits per heavy atom. The zero-order chi connectivity index (χ0) is 27.4. The molecule has 0 aliphatic heterocycles. The van der Waals surface area contributed by atoms with E-state index >= 15 is 0 Å². The number of carbonyl (C=O) groups is 2. The predicted molar refractivity (Wildman–Crippen MR) is 151 cm³/mol. The lowest BCUT2D eigenvalue weighted by Crippen LogP contribution is -2.29. The first-order valence-corrected chi connectivity index (χ1v) is 15.4. The Hall–Kier alpha value is -1.34. The lowest BCUT2D eigenvalue weighted by Gasteiger charge is -2.21. The van der Waals surface area contributed by atoms with Crippen LogP contribution in [0, 0.1) is 5.92 Å². The summed E-state index contributed by atoms with van der Waals surface area (Å²) in [6, 6.07) is 0. The molecule has 7 heteroatoms. The van der Waals surface area contributed by atoms with Gasteiger partial charge < -0.3 is 24.6 Å². The Morgan fingerprint density at radius 3 is 1.76 bits per heavy atom. The standard InChI is InChI=1S/C30H59NO6/c1-3-5-12-18-28(19-13-6-4-2)21-27-37-30(35)36-26-17-11-10-16-23-31(24-25-32)22-15-9-7-8-14-20-29(33)34/h28,32H,3-27H2,1-2H3,(H,33,34). The number of aliphatic hydroxyl groups excluding tert-OH is 1. The molecule has 0 heterocycles. The molecule has 0 saturated heterocycles. The quantitative estimate of drug-likeness (QED) is 0.0796. The van der Waals surface area contributed by atoms with Gasteiger partial charge in [0.05, 0.1) is 19.8 Å². The van der Waals surface area contributed by atoms with E-state index in [4.69, 9.17) is 14.6 Å². The number of carboxylic acid groups (broad SMARTS) is 1. The van der Waals surface area contributed by atoms with E-state index in [-0.39, 0.29) is 13.0 Å². The summed E-state index contributed by atoms with van der Waals surface area (Å²) in [5.41, 5.74) is 0. The van der Waals surface area contributed by atoms with Gasteiger partial charge in [0.25, 0.3) is 0 Å². The van der Waals surface area contributed by atoms with Crippen molar-refractivity contribution >= 4 is 12.1 Å². The molecule has 220 valence electrons. The molecule has 0 fully saturated rings. The third kappa shape index (κ3) is 26.1. The number of carbonyl (C=O) groups excluding carboxylic acids is 1. The predicted octanol–water partition coefficient (Wildman–Crippen LogP) is 7.59. The van der Waals surface area contributed by atoms with Crippen LogP contribution in [0.4, 0.5) is 4.79 Å². The van der Waals surface area contributed by atoms with E-state index in [1.807, 2.05) is 0 Å². The highest BCUT2D eigenvalue weighted by Crippen LogP contribution is 2.21. The van der Waals surface area contributed by atoms with Gasteiger partial charge in [0.1, 0.15) is 0 Å². The van der Waals surface area contributed by atoms with Crippen LogP contribution >= 0.6 is 0 Å². The molecule has 0 aromatic carbocycles. The Kier molecular flexibility index (Phi) is 26.7. The minimum atomic E-state index is -0.713. The highest BCUT2D eigenvalue weighted by atomic mass is 16.7. The van der Waals surface area contributed by atoms with Crippen molar-refractivity contribution < 1.29 is 29.3 Å². The van der Waals surface area contributed by atoms with Crippen molar-refractivity contribution in [1.82, 2.24) is 4.90 Å². The first-order valence-electron chi connectivity index (χ1n) is 15.4. The highest BCUT2D eigenvalue weighted by Gasteiger charge is 2.11. The van der Waals surface area contributed by atoms with Gasteiger partial charge in [0.15, 0.2) is 0 Å². The van der Waals surface area contributed by atoms with Crippen LogP contribution < -0.4 is 0 Å². The smallest absolute Gasteiger partial charge is 0.481 e. The fraction of sp³-hybridized carbons (Fsp3) is 0.933. The number of aliphatic hydroxyl groups is 1. The number of nitrogens with zero attached hydrogens (tertiary/aromatic N) is 1. The van der Waals surface area contributed by atoms with E-state index in [1.54, 1.807) is 0 Å². The maximum absolute atomic E-state index is 11.9. The fourth-order valence-corrected chi connectivity index (χ4v) is 4.71. The van der Waals surface area contributed by atoms with E-state index in [1.165, 1.54) is 51.4 Å². The van der Waals surface area contributed by atoms with Crippen molar-refractivity contribution in [3.63, 3.8) is 0 Å². The third-order valence-corrected chi connectivity index (χ3v) is 7.05. The first-order chi connectivity index (χ1) is 18.0. The van der Waals surface area contributed by atoms with Crippen LogP contribution in [0.15, 0.2) is 0 Å². The number of carboxylic acids is 1. The van der Waals surface area contributed by atoms with Crippen LogP contribution in [0.25, 0.3) is 0 Å². The number of aliphatic carboxylic acids is 1. The van der Waals surface area contributed by atoms with Gasteiger partial charge in [-0.05, 0) is 51.1 Å². The second-order valence-electron chi connectivity index (χ2n) is 10.5. The van der Waals surface area contributed by atoms with Crippen LogP contribution in [0.1, 0.15) is 136 Å². The summed E-state index contributed by atoms with van der Waals surface area (Å²) in [5.74, 6) is -0.0598. The van der Waals surface area contributed by atoms with Crippen LogP contribution in [0.5, 0.6) is 0 Å². The van der Waals surface area contributed by atoms with Crippen molar-refractivity contribution in [2.75, 3.05) is 39.5 Å².